The van der Waals surface area contributed by atoms with E-state index in [1.165, 1.54) is 238 Å². The first kappa shape index (κ1) is 62.4. The van der Waals surface area contributed by atoms with Crippen LogP contribution in [0.3, 0.4) is 0 Å². The van der Waals surface area contributed by atoms with Gasteiger partial charge in [0, 0.05) is 19.3 Å². The molecule has 0 amide bonds. The van der Waals surface area contributed by atoms with Crippen molar-refractivity contribution >= 4 is 17.9 Å². The van der Waals surface area contributed by atoms with Crippen LogP contribution in [0.2, 0.25) is 0 Å². The molecule has 0 spiro atoms. The highest BCUT2D eigenvalue weighted by molar-refractivity contribution is 5.71. The summed E-state index contributed by atoms with van der Waals surface area (Å²) >= 11 is 0. The number of carbonyl (C=O) groups is 3. The van der Waals surface area contributed by atoms with E-state index in [2.05, 4.69) is 20.8 Å². The highest BCUT2D eigenvalue weighted by Gasteiger charge is 2.19. The average Bonchev–Trinajstić information content (AvgIpc) is 3.29. The van der Waals surface area contributed by atoms with Gasteiger partial charge in [0.05, 0.1) is 0 Å². The Balaban J connectivity index is 4.27. The van der Waals surface area contributed by atoms with Gasteiger partial charge in [0.2, 0.25) is 0 Å². The third-order valence-corrected chi connectivity index (χ3v) is 13.4. The van der Waals surface area contributed by atoms with E-state index in [0.717, 1.165) is 57.8 Å². The summed E-state index contributed by atoms with van der Waals surface area (Å²) in [5, 5.41) is 0. The van der Waals surface area contributed by atoms with Gasteiger partial charge in [-0.15, -0.1) is 0 Å². The van der Waals surface area contributed by atoms with E-state index < -0.39 is 6.10 Å². The summed E-state index contributed by atoms with van der Waals surface area (Å²) in [6.45, 7) is 6.70. The van der Waals surface area contributed by atoms with Crippen molar-refractivity contribution in [1.82, 2.24) is 0 Å². The molecule has 0 rings (SSSR count). The van der Waals surface area contributed by atoms with Crippen molar-refractivity contribution in [2.75, 3.05) is 13.2 Å². The van der Waals surface area contributed by atoms with Crippen molar-refractivity contribution in [1.29, 1.82) is 0 Å². The van der Waals surface area contributed by atoms with Gasteiger partial charge in [-0.25, -0.2) is 0 Å². The van der Waals surface area contributed by atoms with Crippen LogP contribution in [-0.2, 0) is 28.6 Å². The van der Waals surface area contributed by atoms with Gasteiger partial charge in [-0.2, -0.15) is 0 Å². The Labute approximate surface area is 399 Å². The zero-order valence-electron chi connectivity index (χ0n) is 43.6. The summed E-state index contributed by atoms with van der Waals surface area (Å²) in [6.07, 6.45) is 59.5. The molecule has 0 N–H and O–H groups in total. The lowest BCUT2D eigenvalue weighted by molar-refractivity contribution is -0.167. The van der Waals surface area contributed by atoms with Crippen molar-refractivity contribution in [3.05, 3.63) is 0 Å². The molecule has 0 aliphatic carbocycles. The standard InChI is InChI=1S/C58H112O6/c1-4-7-10-13-16-19-22-25-27-29-30-32-34-37-40-43-46-49-52-58(61)64-55(53-62-56(59)50-47-44-41-38-35-24-21-18-15-12-9-6-3)54-63-57(60)51-48-45-42-39-36-33-31-28-26-23-20-17-14-11-8-5-2/h55H,4-54H2,1-3H3/t55-/m1/s1. The summed E-state index contributed by atoms with van der Waals surface area (Å²) in [4.78, 5) is 38.1. The fourth-order valence-corrected chi connectivity index (χ4v) is 8.98. The molecule has 0 bridgehead atoms. The van der Waals surface area contributed by atoms with E-state index in [-0.39, 0.29) is 31.1 Å². The van der Waals surface area contributed by atoms with Gasteiger partial charge < -0.3 is 14.2 Å². The van der Waals surface area contributed by atoms with E-state index in [1.807, 2.05) is 0 Å². The fraction of sp³-hybridized carbons (Fsp3) is 0.948. The van der Waals surface area contributed by atoms with Crippen molar-refractivity contribution in [3.8, 4) is 0 Å². The van der Waals surface area contributed by atoms with Crippen LogP contribution < -0.4 is 0 Å². The molecular weight excluding hydrogens is 793 g/mol. The molecule has 0 saturated heterocycles. The van der Waals surface area contributed by atoms with Crippen LogP contribution in [0.25, 0.3) is 0 Å². The van der Waals surface area contributed by atoms with Crippen molar-refractivity contribution in [3.63, 3.8) is 0 Å². The maximum atomic E-state index is 12.8. The average molecular weight is 906 g/mol. The predicted molar refractivity (Wildman–Crippen MR) is 275 cm³/mol. The summed E-state index contributed by atoms with van der Waals surface area (Å²) in [7, 11) is 0. The highest BCUT2D eigenvalue weighted by Crippen LogP contribution is 2.18. The molecule has 6 nitrogen and oxygen atoms in total. The zero-order chi connectivity index (χ0) is 46.5. The normalized spacial score (nSPS) is 11.9. The minimum absolute atomic E-state index is 0.0611. The monoisotopic (exact) mass is 905 g/mol. The molecule has 0 radical (unpaired) electrons. The number of rotatable bonds is 54. The first-order chi connectivity index (χ1) is 31.5. The third kappa shape index (κ3) is 51.4. The minimum Gasteiger partial charge on any atom is -0.462 e. The van der Waals surface area contributed by atoms with Crippen molar-refractivity contribution in [2.45, 2.75) is 341 Å². The molecule has 0 saturated carbocycles. The first-order valence-electron chi connectivity index (χ1n) is 29.0. The molecule has 0 aliphatic rings. The van der Waals surface area contributed by atoms with Gasteiger partial charge >= 0.3 is 17.9 Å². The van der Waals surface area contributed by atoms with E-state index in [0.29, 0.717) is 19.3 Å². The van der Waals surface area contributed by atoms with Crippen LogP contribution in [0.4, 0.5) is 0 Å². The minimum atomic E-state index is -0.760. The van der Waals surface area contributed by atoms with Gasteiger partial charge in [-0.05, 0) is 19.3 Å². The number of hydrogen-bond acceptors (Lipinski definition) is 6. The fourth-order valence-electron chi connectivity index (χ4n) is 8.98. The van der Waals surface area contributed by atoms with Crippen molar-refractivity contribution in [2.24, 2.45) is 0 Å². The molecule has 0 heterocycles. The second kappa shape index (κ2) is 54.0. The molecule has 0 aromatic carbocycles. The molecular formula is C58H112O6. The van der Waals surface area contributed by atoms with Gasteiger partial charge in [-0.1, -0.05) is 297 Å². The van der Waals surface area contributed by atoms with Crippen LogP contribution in [0.1, 0.15) is 335 Å². The van der Waals surface area contributed by atoms with Crippen molar-refractivity contribution < 1.29 is 28.6 Å². The highest BCUT2D eigenvalue weighted by atomic mass is 16.6. The summed E-state index contributed by atoms with van der Waals surface area (Å²) < 4.78 is 16.9. The smallest absolute Gasteiger partial charge is 0.306 e. The van der Waals surface area contributed by atoms with Gasteiger partial charge in [0.25, 0.3) is 0 Å². The number of ether oxygens (including phenoxy) is 3. The molecule has 0 aromatic rings. The van der Waals surface area contributed by atoms with E-state index >= 15 is 0 Å². The summed E-state index contributed by atoms with van der Waals surface area (Å²) in [5.41, 5.74) is 0. The van der Waals surface area contributed by atoms with Crippen LogP contribution in [0, 0.1) is 0 Å². The first-order valence-corrected chi connectivity index (χ1v) is 29.0. The Morgan fingerprint density at radius 2 is 0.422 bits per heavy atom. The van der Waals surface area contributed by atoms with Crippen LogP contribution in [-0.4, -0.2) is 37.2 Å². The maximum Gasteiger partial charge on any atom is 0.306 e. The number of unbranched alkanes of at least 4 members (excludes halogenated alkanes) is 43. The Morgan fingerprint density at radius 1 is 0.250 bits per heavy atom. The lowest BCUT2D eigenvalue weighted by Gasteiger charge is -2.18. The molecule has 0 aromatic heterocycles. The molecule has 1 atom stereocenters. The Bertz CT molecular complexity index is 951. The summed E-state index contributed by atoms with van der Waals surface area (Å²) in [6, 6.07) is 0. The lowest BCUT2D eigenvalue weighted by atomic mass is 10.0. The van der Waals surface area contributed by atoms with Crippen LogP contribution in [0.5, 0.6) is 0 Å². The second-order valence-corrected chi connectivity index (χ2v) is 19.9. The van der Waals surface area contributed by atoms with Gasteiger partial charge in [0.1, 0.15) is 13.2 Å². The van der Waals surface area contributed by atoms with Crippen LogP contribution in [0.15, 0.2) is 0 Å². The SMILES string of the molecule is CCCCCCCCCCCCCCCCCCCCC(=O)O[C@H](COC(=O)CCCCCCCCCCCCCC)COC(=O)CCCCCCCCCCCCCCCCCC. The Kier molecular flexibility index (Phi) is 52.7. The maximum absolute atomic E-state index is 12.8. The number of hydrogen-bond donors (Lipinski definition) is 0. The number of carbonyl (C=O) groups excluding carboxylic acids is 3. The predicted octanol–water partition coefficient (Wildman–Crippen LogP) is 19.2. The number of esters is 3. The topological polar surface area (TPSA) is 78.9 Å². The van der Waals surface area contributed by atoms with E-state index in [9.17, 15) is 14.4 Å². The molecule has 64 heavy (non-hydrogen) atoms. The molecule has 0 unspecified atom stereocenters. The summed E-state index contributed by atoms with van der Waals surface area (Å²) in [5.74, 6) is -0.832. The quantitative estimate of drug-likeness (QED) is 0.0344. The Morgan fingerprint density at radius 3 is 0.625 bits per heavy atom. The largest absolute Gasteiger partial charge is 0.462 e. The molecule has 0 aliphatic heterocycles. The van der Waals surface area contributed by atoms with Crippen LogP contribution >= 0.6 is 0 Å². The Hall–Kier alpha value is -1.59. The van der Waals surface area contributed by atoms with E-state index in [1.54, 1.807) is 0 Å². The molecule has 380 valence electrons. The second-order valence-electron chi connectivity index (χ2n) is 19.9. The van der Waals surface area contributed by atoms with Gasteiger partial charge in [0.15, 0.2) is 6.10 Å². The van der Waals surface area contributed by atoms with Gasteiger partial charge in [-0.3, -0.25) is 14.4 Å². The molecule has 0 fully saturated rings. The zero-order valence-corrected chi connectivity index (χ0v) is 43.6. The lowest BCUT2D eigenvalue weighted by Crippen LogP contribution is -2.30. The molecule has 6 heteroatoms. The third-order valence-electron chi connectivity index (χ3n) is 13.4. The van der Waals surface area contributed by atoms with E-state index in [4.69, 9.17) is 14.2 Å².